The lowest BCUT2D eigenvalue weighted by Gasteiger charge is -2.34. The third-order valence-corrected chi connectivity index (χ3v) is 7.21. The quantitative estimate of drug-likeness (QED) is 0.573. The highest BCUT2D eigenvalue weighted by atomic mass is 19.1. The molecule has 1 N–H and O–H groups in total. The highest BCUT2D eigenvalue weighted by Crippen LogP contribution is 2.49. The van der Waals surface area contributed by atoms with E-state index in [-0.39, 0.29) is 18.2 Å². The van der Waals surface area contributed by atoms with E-state index in [2.05, 4.69) is 0 Å². The van der Waals surface area contributed by atoms with Crippen LogP contribution in [0.2, 0.25) is 0 Å². The highest BCUT2D eigenvalue weighted by molar-refractivity contribution is 5.90. The largest absolute Gasteiger partial charge is 0.491 e. The fourth-order valence-corrected chi connectivity index (χ4v) is 5.40. The zero-order chi connectivity index (χ0) is 25.1. The lowest BCUT2D eigenvalue weighted by Crippen LogP contribution is -2.30. The van der Waals surface area contributed by atoms with Crippen LogP contribution in [0.15, 0.2) is 22.7 Å². The number of aryl methyl sites for hydroxylation is 3. The number of carboxylic acid groups (broad SMARTS) is 1. The molecular formula is C27H35FN2O4. The Labute approximate surface area is 200 Å². The molecule has 7 heteroatoms. The molecule has 1 saturated heterocycles. The summed E-state index contributed by atoms with van der Waals surface area (Å²) in [6, 6.07) is 0. The van der Waals surface area contributed by atoms with Gasteiger partial charge in [-0.15, -0.1) is 0 Å². The first-order chi connectivity index (χ1) is 15.8. The van der Waals surface area contributed by atoms with E-state index in [4.69, 9.17) is 14.5 Å². The van der Waals surface area contributed by atoms with E-state index in [9.17, 15) is 9.90 Å². The summed E-state index contributed by atoms with van der Waals surface area (Å²) in [5.74, 6) is -1.30. The molecule has 1 aliphatic heterocycles. The summed E-state index contributed by atoms with van der Waals surface area (Å²) in [6.45, 7) is 13.9. The molecule has 34 heavy (non-hydrogen) atoms. The van der Waals surface area contributed by atoms with Crippen LogP contribution in [0.3, 0.4) is 0 Å². The van der Waals surface area contributed by atoms with Gasteiger partial charge in [0, 0.05) is 41.7 Å². The molecule has 0 saturated carbocycles. The highest BCUT2D eigenvalue weighted by Gasteiger charge is 2.39. The molecule has 2 aromatic heterocycles. The molecule has 0 bridgehead atoms. The number of hydrogen-bond donors (Lipinski definition) is 1. The molecule has 0 spiro atoms. The van der Waals surface area contributed by atoms with Crippen LogP contribution in [0.1, 0.15) is 87.1 Å². The second-order valence-corrected chi connectivity index (χ2v) is 10.5. The topological polar surface area (TPSA) is 73.6 Å². The molecular weight excluding hydrogens is 435 g/mol. The van der Waals surface area contributed by atoms with Crippen molar-refractivity contribution in [1.82, 2.24) is 9.55 Å². The number of carboxylic acids is 1. The van der Waals surface area contributed by atoms with Gasteiger partial charge in [0.05, 0.1) is 12.2 Å². The molecule has 1 aliphatic carbocycles. The fourth-order valence-electron chi connectivity index (χ4n) is 5.40. The van der Waals surface area contributed by atoms with E-state index in [1.807, 2.05) is 60.1 Å². The third kappa shape index (κ3) is 3.94. The Hall–Kier alpha value is -2.67. The Morgan fingerprint density at radius 1 is 1.26 bits per heavy atom. The van der Waals surface area contributed by atoms with Gasteiger partial charge in [0.25, 0.3) is 0 Å². The Bertz CT molecular complexity index is 1250. The Kier molecular flexibility index (Phi) is 6.13. The van der Waals surface area contributed by atoms with Crippen molar-refractivity contribution in [3.63, 3.8) is 0 Å². The van der Waals surface area contributed by atoms with Gasteiger partial charge in [-0.2, -0.15) is 0 Å². The molecule has 4 rings (SSSR count). The summed E-state index contributed by atoms with van der Waals surface area (Å²) in [7, 11) is 1.96. The fraction of sp³-hybridized carbons (Fsp3) is 0.556. The number of ether oxygens (including phenoxy) is 2. The van der Waals surface area contributed by atoms with Gasteiger partial charge in [0.15, 0.2) is 11.9 Å². The minimum absolute atomic E-state index is 0.130. The predicted molar refractivity (Wildman–Crippen MR) is 130 cm³/mol. The SMILES string of the molecule is CC1=C2CCCOC2=C(F)C[C@H]1c1c([C@H](OC(C)(C)C)C(=O)O)c(C)nc2c1c(C)c(C)n2C. The number of allylic oxidation sites excluding steroid dienone is 3. The maximum absolute atomic E-state index is 15.4. The van der Waals surface area contributed by atoms with Gasteiger partial charge in [0.1, 0.15) is 11.5 Å². The lowest BCUT2D eigenvalue weighted by molar-refractivity contribution is -0.160. The van der Waals surface area contributed by atoms with E-state index < -0.39 is 17.7 Å². The molecule has 1 fully saturated rings. The van der Waals surface area contributed by atoms with E-state index >= 15 is 4.39 Å². The van der Waals surface area contributed by atoms with Crippen LogP contribution in [0.4, 0.5) is 4.39 Å². The maximum atomic E-state index is 15.4. The maximum Gasteiger partial charge on any atom is 0.337 e. The summed E-state index contributed by atoms with van der Waals surface area (Å²) >= 11 is 0. The Morgan fingerprint density at radius 2 is 1.94 bits per heavy atom. The van der Waals surface area contributed by atoms with Gasteiger partial charge in [-0.05, 0) is 78.0 Å². The zero-order valence-corrected chi connectivity index (χ0v) is 21.4. The first kappa shape index (κ1) is 24.5. The smallest absolute Gasteiger partial charge is 0.337 e. The predicted octanol–water partition coefficient (Wildman–Crippen LogP) is 6.23. The summed E-state index contributed by atoms with van der Waals surface area (Å²) < 4.78 is 29.3. The van der Waals surface area contributed by atoms with Crippen molar-refractivity contribution in [1.29, 1.82) is 0 Å². The summed E-state index contributed by atoms with van der Waals surface area (Å²) in [5.41, 5.74) is 6.02. The van der Waals surface area contributed by atoms with Gasteiger partial charge in [0.2, 0.25) is 0 Å². The summed E-state index contributed by atoms with van der Waals surface area (Å²) in [5, 5.41) is 11.2. The molecule has 3 heterocycles. The van der Waals surface area contributed by atoms with Crippen LogP contribution in [0.25, 0.3) is 11.0 Å². The van der Waals surface area contributed by atoms with Crippen LogP contribution in [0, 0.1) is 20.8 Å². The minimum Gasteiger partial charge on any atom is -0.491 e. The van der Waals surface area contributed by atoms with Crippen molar-refractivity contribution in [3.8, 4) is 0 Å². The van der Waals surface area contributed by atoms with Crippen molar-refractivity contribution >= 4 is 17.0 Å². The monoisotopic (exact) mass is 470 g/mol. The summed E-state index contributed by atoms with van der Waals surface area (Å²) in [6.07, 6.45) is 0.496. The molecule has 184 valence electrons. The zero-order valence-electron chi connectivity index (χ0n) is 21.4. The normalized spacial score (nSPS) is 20.0. The molecule has 2 atom stereocenters. The lowest BCUT2D eigenvalue weighted by atomic mass is 9.76. The number of fused-ring (bicyclic) bond motifs is 2. The van der Waals surface area contributed by atoms with Crippen molar-refractivity contribution in [2.75, 3.05) is 6.61 Å². The molecule has 0 amide bonds. The first-order valence-electron chi connectivity index (χ1n) is 11.9. The van der Waals surface area contributed by atoms with E-state index in [0.29, 0.717) is 23.6 Å². The van der Waals surface area contributed by atoms with Crippen LogP contribution in [-0.4, -0.2) is 32.8 Å². The number of carbonyl (C=O) groups is 1. The number of pyridine rings is 1. The van der Waals surface area contributed by atoms with Crippen LogP contribution in [-0.2, 0) is 21.3 Å². The third-order valence-electron chi connectivity index (χ3n) is 7.21. The average Bonchev–Trinajstić information content (AvgIpc) is 2.97. The van der Waals surface area contributed by atoms with E-state index in [1.165, 1.54) is 0 Å². The number of rotatable bonds is 4. The summed E-state index contributed by atoms with van der Waals surface area (Å²) in [4.78, 5) is 17.4. The van der Waals surface area contributed by atoms with Gasteiger partial charge in [-0.1, -0.05) is 5.57 Å². The number of aliphatic carboxylic acids is 1. The number of nitrogens with zero attached hydrogens (tertiary/aromatic N) is 2. The van der Waals surface area contributed by atoms with Crippen molar-refractivity contribution in [2.45, 2.75) is 85.4 Å². The second kappa shape index (κ2) is 8.52. The van der Waals surface area contributed by atoms with Crippen molar-refractivity contribution in [2.24, 2.45) is 7.05 Å². The molecule has 0 unspecified atom stereocenters. The average molecular weight is 471 g/mol. The minimum atomic E-state index is -1.22. The Balaban J connectivity index is 2.08. The van der Waals surface area contributed by atoms with Gasteiger partial charge >= 0.3 is 5.97 Å². The van der Waals surface area contributed by atoms with E-state index in [0.717, 1.165) is 51.8 Å². The van der Waals surface area contributed by atoms with Crippen LogP contribution >= 0.6 is 0 Å². The first-order valence-corrected chi connectivity index (χ1v) is 11.9. The second-order valence-electron chi connectivity index (χ2n) is 10.5. The molecule has 2 aromatic rings. The van der Waals surface area contributed by atoms with Gasteiger partial charge in [-0.25, -0.2) is 14.2 Å². The number of hydrogen-bond acceptors (Lipinski definition) is 4. The van der Waals surface area contributed by atoms with Crippen LogP contribution < -0.4 is 0 Å². The molecule has 0 radical (unpaired) electrons. The molecule has 0 aromatic carbocycles. The molecule has 2 aliphatic rings. The van der Waals surface area contributed by atoms with Gasteiger partial charge < -0.3 is 19.1 Å². The number of aromatic nitrogens is 2. The van der Waals surface area contributed by atoms with Crippen LogP contribution in [0.5, 0.6) is 0 Å². The molecule has 6 nitrogen and oxygen atoms in total. The number of halogens is 1. The van der Waals surface area contributed by atoms with Gasteiger partial charge in [-0.3, -0.25) is 0 Å². The standard InChI is InChI=1S/C27H35FN2O4/c1-13-16(4)30(8)25-20(13)22(18-12-19(28)23-17(14(18)2)10-9-11-33-23)21(15(3)29-25)24(26(31)32)34-27(5,6)7/h18,24H,9-12H2,1-8H3,(H,31,32)/t18-,24+/m1/s1. The Morgan fingerprint density at radius 3 is 2.56 bits per heavy atom. The van der Waals surface area contributed by atoms with Crippen molar-refractivity contribution < 1.29 is 23.8 Å². The van der Waals surface area contributed by atoms with E-state index in [1.54, 1.807) is 0 Å². The van der Waals surface area contributed by atoms with Crippen molar-refractivity contribution in [3.05, 3.63) is 50.8 Å².